The molecule has 1 aliphatic rings. The molecule has 1 heterocycles. The number of benzene rings is 1. The number of nitro groups is 1. The number of non-ortho nitro benzene ring substituents is 1. The lowest BCUT2D eigenvalue weighted by atomic mass is 10.0. The number of amides is 4. The van der Waals surface area contributed by atoms with Crippen molar-refractivity contribution in [1.82, 2.24) is 15.5 Å². The first-order chi connectivity index (χ1) is 13.6. The Hall–Kier alpha value is -3.50. The van der Waals surface area contributed by atoms with Crippen molar-refractivity contribution in [3.63, 3.8) is 0 Å². The number of carbonyl (C=O) groups excluding carboxylic acids is 3. The summed E-state index contributed by atoms with van der Waals surface area (Å²) in [6.45, 7) is 3.79. The molecule has 0 aliphatic carbocycles. The van der Waals surface area contributed by atoms with Gasteiger partial charge in [-0.1, -0.05) is 13.8 Å². The quantitative estimate of drug-likeness (QED) is 0.242. The largest absolute Gasteiger partial charge is 0.480 e. The van der Waals surface area contributed by atoms with E-state index in [4.69, 9.17) is 5.11 Å². The van der Waals surface area contributed by atoms with Gasteiger partial charge in [0, 0.05) is 25.2 Å². The molecule has 1 aromatic carbocycles. The number of nitro benzene ring substituents is 1. The molecule has 0 spiro atoms. The van der Waals surface area contributed by atoms with Crippen LogP contribution in [-0.2, 0) is 4.79 Å². The molecule has 0 saturated heterocycles. The third-order valence-corrected chi connectivity index (χ3v) is 4.32. The highest BCUT2D eigenvalue weighted by Crippen LogP contribution is 2.26. The van der Waals surface area contributed by atoms with Crippen LogP contribution in [0.2, 0.25) is 0 Å². The number of hydrogen-bond donors (Lipinski definition) is 3. The number of fused-ring (bicyclic) bond motifs is 1. The van der Waals surface area contributed by atoms with Gasteiger partial charge in [0.05, 0.1) is 16.1 Å². The zero-order chi connectivity index (χ0) is 21.7. The molecule has 1 unspecified atom stereocenters. The van der Waals surface area contributed by atoms with Crippen LogP contribution >= 0.6 is 0 Å². The smallest absolute Gasteiger partial charge is 0.326 e. The number of rotatable bonds is 9. The number of carboxylic acid groups (broad SMARTS) is 1. The summed E-state index contributed by atoms with van der Waals surface area (Å²) in [6, 6.07) is 1.82. The monoisotopic (exact) mass is 406 g/mol. The van der Waals surface area contributed by atoms with E-state index in [-0.39, 0.29) is 48.7 Å². The fraction of sp³-hybridized carbons (Fsp3) is 0.444. The molecule has 156 valence electrons. The Balaban J connectivity index is 1.85. The summed E-state index contributed by atoms with van der Waals surface area (Å²) < 4.78 is 0. The van der Waals surface area contributed by atoms with E-state index in [1.54, 1.807) is 0 Å². The number of urea groups is 1. The summed E-state index contributed by atoms with van der Waals surface area (Å²) in [5, 5.41) is 24.8. The molecular weight excluding hydrogens is 384 g/mol. The zero-order valence-electron chi connectivity index (χ0n) is 16.0. The van der Waals surface area contributed by atoms with E-state index in [9.17, 15) is 29.3 Å². The van der Waals surface area contributed by atoms with Crippen LogP contribution in [0.25, 0.3) is 0 Å². The normalized spacial score (nSPS) is 14.0. The molecule has 4 amide bonds. The maximum absolute atomic E-state index is 12.4. The van der Waals surface area contributed by atoms with Gasteiger partial charge in [0.25, 0.3) is 17.5 Å². The number of aliphatic carboxylic acids is 1. The van der Waals surface area contributed by atoms with E-state index < -0.39 is 34.8 Å². The number of nitrogens with one attached hydrogen (secondary N) is 2. The number of hydrogen-bond acceptors (Lipinski definition) is 6. The van der Waals surface area contributed by atoms with Gasteiger partial charge in [-0.25, -0.2) is 9.59 Å². The topological polar surface area (TPSA) is 159 Å². The van der Waals surface area contributed by atoms with Gasteiger partial charge in [-0.15, -0.1) is 0 Å². The van der Waals surface area contributed by atoms with Crippen LogP contribution in [0.15, 0.2) is 18.2 Å². The van der Waals surface area contributed by atoms with Crippen molar-refractivity contribution in [3.8, 4) is 0 Å². The molecule has 2 rings (SSSR count). The molecule has 0 bridgehead atoms. The van der Waals surface area contributed by atoms with Crippen LogP contribution in [0, 0.1) is 16.0 Å². The first-order valence-corrected chi connectivity index (χ1v) is 9.03. The maximum atomic E-state index is 12.4. The Kier molecular flexibility index (Phi) is 6.86. The Morgan fingerprint density at radius 1 is 1.21 bits per heavy atom. The molecule has 11 heteroatoms. The minimum Gasteiger partial charge on any atom is -0.480 e. The van der Waals surface area contributed by atoms with E-state index in [1.807, 2.05) is 13.8 Å². The van der Waals surface area contributed by atoms with Gasteiger partial charge in [0.2, 0.25) is 0 Å². The van der Waals surface area contributed by atoms with Gasteiger partial charge in [-0.3, -0.25) is 24.6 Å². The Morgan fingerprint density at radius 2 is 1.86 bits per heavy atom. The third-order valence-electron chi connectivity index (χ3n) is 4.32. The fourth-order valence-corrected chi connectivity index (χ4v) is 2.94. The minimum absolute atomic E-state index is 0.00871. The number of carbonyl (C=O) groups is 4. The minimum atomic E-state index is -1.13. The van der Waals surface area contributed by atoms with Gasteiger partial charge in [0.15, 0.2) is 0 Å². The van der Waals surface area contributed by atoms with Crippen LogP contribution in [0.1, 0.15) is 47.4 Å². The Bertz CT molecular complexity index is 853. The molecule has 0 aromatic heterocycles. The second-order valence-electron chi connectivity index (χ2n) is 7.02. The molecule has 0 saturated carbocycles. The lowest BCUT2D eigenvalue weighted by Crippen LogP contribution is -2.47. The summed E-state index contributed by atoms with van der Waals surface area (Å²) in [6.07, 6.45) is 0.521. The molecule has 1 aromatic rings. The van der Waals surface area contributed by atoms with Gasteiger partial charge >= 0.3 is 12.0 Å². The molecular formula is C18H22N4O7. The van der Waals surface area contributed by atoms with Gasteiger partial charge in [0.1, 0.15) is 6.04 Å². The second-order valence-corrected chi connectivity index (χ2v) is 7.02. The summed E-state index contributed by atoms with van der Waals surface area (Å²) >= 11 is 0. The molecule has 29 heavy (non-hydrogen) atoms. The first-order valence-electron chi connectivity index (χ1n) is 9.03. The summed E-state index contributed by atoms with van der Waals surface area (Å²) in [4.78, 5) is 58.8. The zero-order valence-corrected chi connectivity index (χ0v) is 16.0. The second kappa shape index (κ2) is 9.13. The lowest BCUT2D eigenvalue weighted by Gasteiger charge is -2.17. The first kappa shape index (κ1) is 21.8. The predicted molar refractivity (Wildman–Crippen MR) is 100 cm³/mol. The molecule has 11 nitrogen and oxygen atoms in total. The van der Waals surface area contributed by atoms with Crippen molar-refractivity contribution >= 4 is 29.5 Å². The number of imide groups is 1. The van der Waals surface area contributed by atoms with Crippen molar-refractivity contribution in [1.29, 1.82) is 0 Å². The van der Waals surface area contributed by atoms with Crippen molar-refractivity contribution in [2.75, 3.05) is 13.1 Å². The highest BCUT2D eigenvalue weighted by Gasteiger charge is 2.36. The predicted octanol–water partition coefficient (Wildman–Crippen LogP) is 1.38. The molecule has 3 N–H and O–H groups in total. The number of nitrogens with zero attached hydrogens (tertiary/aromatic N) is 2. The van der Waals surface area contributed by atoms with Crippen molar-refractivity contribution < 1.29 is 29.2 Å². The third kappa shape index (κ3) is 5.27. The highest BCUT2D eigenvalue weighted by molar-refractivity contribution is 6.21. The van der Waals surface area contributed by atoms with E-state index in [2.05, 4.69) is 10.6 Å². The van der Waals surface area contributed by atoms with E-state index in [0.717, 1.165) is 17.0 Å². The van der Waals surface area contributed by atoms with Crippen LogP contribution in [0.4, 0.5) is 10.5 Å². The average molecular weight is 406 g/mol. The SMILES string of the molecule is CC(C)CC(NC(=O)NCCCN1C(=O)c2ccc([N+](=O)[O-])cc2C1=O)C(=O)O. The van der Waals surface area contributed by atoms with Crippen molar-refractivity contribution in [2.24, 2.45) is 5.92 Å². The standard InChI is InChI=1S/C18H22N4O7/c1-10(2)8-14(17(25)26)20-18(27)19-6-3-7-21-15(23)12-5-4-11(22(28)29)9-13(12)16(21)24/h4-5,9-10,14H,3,6-8H2,1-2H3,(H,25,26)(H2,19,20,27). The average Bonchev–Trinajstić information content (AvgIpc) is 2.88. The summed E-state index contributed by atoms with van der Waals surface area (Å²) in [7, 11) is 0. The van der Waals surface area contributed by atoms with Crippen LogP contribution in [0.5, 0.6) is 0 Å². The van der Waals surface area contributed by atoms with Gasteiger partial charge in [-0.2, -0.15) is 0 Å². The summed E-state index contributed by atoms with van der Waals surface area (Å²) in [5.74, 6) is -2.22. The van der Waals surface area contributed by atoms with E-state index in [1.165, 1.54) is 6.07 Å². The Morgan fingerprint density at radius 3 is 2.45 bits per heavy atom. The molecule has 1 atom stereocenters. The highest BCUT2D eigenvalue weighted by atomic mass is 16.6. The molecule has 0 radical (unpaired) electrons. The van der Waals surface area contributed by atoms with Gasteiger partial charge < -0.3 is 15.7 Å². The Labute approximate surface area is 166 Å². The lowest BCUT2D eigenvalue weighted by molar-refractivity contribution is -0.384. The van der Waals surface area contributed by atoms with Crippen molar-refractivity contribution in [2.45, 2.75) is 32.7 Å². The maximum Gasteiger partial charge on any atom is 0.326 e. The molecule has 1 aliphatic heterocycles. The van der Waals surface area contributed by atoms with Gasteiger partial charge in [-0.05, 0) is 24.8 Å². The van der Waals surface area contributed by atoms with Crippen molar-refractivity contribution in [3.05, 3.63) is 39.4 Å². The van der Waals surface area contributed by atoms with Crippen LogP contribution in [0.3, 0.4) is 0 Å². The molecule has 0 fully saturated rings. The summed E-state index contributed by atoms with van der Waals surface area (Å²) in [5.41, 5.74) is -0.198. The number of carboxylic acids is 1. The van der Waals surface area contributed by atoms with E-state index in [0.29, 0.717) is 0 Å². The van der Waals surface area contributed by atoms with Crippen LogP contribution in [-0.4, -0.2) is 57.9 Å². The van der Waals surface area contributed by atoms with E-state index >= 15 is 0 Å². The fourth-order valence-electron chi connectivity index (χ4n) is 2.94. The van der Waals surface area contributed by atoms with Crippen LogP contribution < -0.4 is 10.6 Å².